The van der Waals surface area contributed by atoms with E-state index in [-0.39, 0.29) is 18.0 Å². The molecule has 1 amide bonds. The van der Waals surface area contributed by atoms with Gasteiger partial charge < -0.3 is 9.64 Å². The number of rotatable bonds is 2. The predicted octanol–water partition coefficient (Wildman–Crippen LogP) is 1.88. The topological polar surface area (TPSA) is 46.6 Å². The standard InChI is InChI=1S/C14H12ClNO3/c15-11-4-2-1-3-9(11)5-6-13(17)16-8-10-7-12(16)14(18)19-10/h1-6,10,12H,7-8H2/b6-5+/t10-,12-/m1/s1. The number of amides is 1. The van der Waals surface area contributed by atoms with Crippen LogP contribution in [0, 0.1) is 0 Å². The van der Waals surface area contributed by atoms with Crippen LogP contribution in [-0.4, -0.2) is 35.5 Å². The highest BCUT2D eigenvalue weighted by atomic mass is 35.5. The van der Waals surface area contributed by atoms with Gasteiger partial charge in [0.25, 0.3) is 0 Å². The maximum Gasteiger partial charge on any atom is 0.329 e. The summed E-state index contributed by atoms with van der Waals surface area (Å²) in [5, 5.41) is 0.592. The van der Waals surface area contributed by atoms with Crippen LogP contribution >= 0.6 is 11.6 Å². The smallest absolute Gasteiger partial charge is 0.329 e. The molecule has 0 spiro atoms. The van der Waals surface area contributed by atoms with Crippen LogP contribution in [0.1, 0.15) is 12.0 Å². The SMILES string of the molecule is O=C1O[C@@H]2C[C@H]1N(C(=O)/C=C/c1ccccc1Cl)C2. The third-order valence-corrected chi connectivity index (χ3v) is 3.76. The largest absolute Gasteiger partial charge is 0.459 e. The van der Waals surface area contributed by atoms with Gasteiger partial charge in [-0.05, 0) is 17.7 Å². The molecule has 0 unspecified atom stereocenters. The van der Waals surface area contributed by atoms with E-state index < -0.39 is 6.04 Å². The molecule has 0 radical (unpaired) electrons. The van der Waals surface area contributed by atoms with Gasteiger partial charge in [-0.3, -0.25) is 4.79 Å². The minimum atomic E-state index is -0.409. The normalized spacial score (nSPS) is 25.1. The quantitative estimate of drug-likeness (QED) is 0.612. The van der Waals surface area contributed by atoms with Crippen molar-refractivity contribution in [1.29, 1.82) is 0 Å². The van der Waals surface area contributed by atoms with E-state index in [4.69, 9.17) is 16.3 Å². The first kappa shape index (κ1) is 12.2. The van der Waals surface area contributed by atoms with Crippen molar-refractivity contribution in [2.45, 2.75) is 18.6 Å². The fraction of sp³-hybridized carbons (Fsp3) is 0.286. The molecule has 1 aromatic carbocycles. The zero-order chi connectivity index (χ0) is 13.4. The Bertz CT molecular complexity index is 570. The van der Waals surface area contributed by atoms with Crippen molar-refractivity contribution in [3.63, 3.8) is 0 Å². The summed E-state index contributed by atoms with van der Waals surface area (Å²) in [5.41, 5.74) is 0.782. The van der Waals surface area contributed by atoms with Crippen molar-refractivity contribution < 1.29 is 14.3 Å². The molecule has 4 nitrogen and oxygen atoms in total. The van der Waals surface area contributed by atoms with E-state index in [9.17, 15) is 9.59 Å². The monoisotopic (exact) mass is 277 g/mol. The number of carbonyl (C=O) groups is 2. The second-order valence-electron chi connectivity index (χ2n) is 4.66. The fourth-order valence-electron chi connectivity index (χ4n) is 2.46. The number of halogens is 1. The van der Waals surface area contributed by atoms with Crippen LogP contribution in [0.3, 0.4) is 0 Å². The summed E-state index contributed by atoms with van der Waals surface area (Å²) < 4.78 is 5.04. The predicted molar refractivity (Wildman–Crippen MR) is 70.5 cm³/mol. The van der Waals surface area contributed by atoms with Crippen molar-refractivity contribution in [2.75, 3.05) is 6.54 Å². The summed E-state index contributed by atoms with van der Waals surface area (Å²) in [4.78, 5) is 25.0. The summed E-state index contributed by atoms with van der Waals surface area (Å²) in [5.74, 6) is -0.472. The maximum absolute atomic E-state index is 12.1. The molecule has 2 aliphatic heterocycles. The van der Waals surface area contributed by atoms with Crippen molar-refractivity contribution in [3.8, 4) is 0 Å². The van der Waals surface area contributed by atoms with E-state index in [2.05, 4.69) is 0 Å². The Morgan fingerprint density at radius 1 is 1.42 bits per heavy atom. The van der Waals surface area contributed by atoms with Crippen molar-refractivity contribution in [2.24, 2.45) is 0 Å². The molecule has 0 saturated carbocycles. The number of benzene rings is 1. The third kappa shape index (κ3) is 2.24. The molecule has 0 aromatic heterocycles. The lowest BCUT2D eigenvalue weighted by molar-refractivity contribution is -0.155. The van der Waals surface area contributed by atoms with Crippen LogP contribution in [0.15, 0.2) is 30.3 Å². The van der Waals surface area contributed by atoms with E-state index in [0.717, 1.165) is 5.56 Å². The highest BCUT2D eigenvalue weighted by molar-refractivity contribution is 6.32. The number of ether oxygens (including phenoxy) is 1. The Balaban J connectivity index is 1.73. The minimum absolute atomic E-state index is 0.129. The van der Waals surface area contributed by atoms with Crippen molar-refractivity contribution in [3.05, 3.63) is 40.9 Å². The number of esters is 1. The second-order valence-corrected chi connectivity index (χ2v) is 5.06. The van der Waals surface area contributed by atoms with E-state index in [1.165, 1.54) is 6.08 Å². The lowest BCUT2D eigenvalue weighted by Gasteiger charge is -2.24. The van der Waals surface area contributed by atoms with Gasteiger partial charge in [0.15, 0.2) is 0 Å². The lowest BCUT2D eigenvalue weighted by Crippen LogP contribution is -2.43. The molecule has 0 aliphatic carbocycles. The lowest BCUT2D eigenvalue weighted by atomic mass is 10.2. The summed E-state index contributed by atoms with van der Waals surface area (Å²) in [6.45, 7) is 0.488. The number of hydrogen-bond donors (Lipinski definition) is 0. The zero-order valence-electron chi connectivity index (χ0n) is 10.1. The third-order valence-electron chi connectivity index (χ3n) is 3.41. The van der Waals surface area contributed by atoms with E-state index in [1.807, 2.05) is 18.2 Å². The van der Waals surface area contributed by atoms with Crippen LogP contribution in [0.5, 0.6) is 0 Å². The van der Waals surface area contributed by atoms with Crippen LogP contribution < -0.4 is 0 Å². The Kier molecular flexibility index (Phi) is 3.03. The minimum Gasteiger partial charge on any atom is -0.459 e. The van der Waals surface area contributed by atoms with E-state index >= 15 is 0 Å². The molecule has 5 heteroatoms. The highest BCUT2D eigenvalue weighted by Crippen LogP contribution is 2.29. The molecule has 1 aromatic rings. The maximum atomic E-state index is 12.1. The van der Waals surface area contributed by atoms with Gasteiger partial charge in [0.1, 0.15) is 12.1 Å². The van der Waals surface area contributed by atoms with E-state index in [1.54, 1.807) is 17.0 Å². The van der Waals surface area contributed by atoms with Crippen LogP contribution in [0.25, 0.3) is 6.08 Å². The van der Waals surface area contributed by atoms with Crippen LogP contribution in [-0.2, 0) is 14.3 Å². The number of nitrogens with zero attached hydrogens (tertiary/aromatic N) is 1. The van der Waals surface area contributed by atoms with Gasteiger partial charge in [0.05, 0.1) is 6.54 Å². The highest BCUT2D eigenvalue weighted by Gasteiger charge is 2.47. The van der Waals surface area contributed by atoms with Crippen LogP contribution in [0.2, 0.25) is 5.02 Å². The first-order chi connectivity index (χ1) is 9.15. The number of fused-ring (bicyclic) bond motifs is 2. The fourth-order valence-corrected chi connectivity index (χ4v) is 2.66. The van der Waals surface area contributed by atoms with Gasteiger partial charge in [-0.2, -0.15) is 0 Å². The molecule has 2 aliphatic rings. The summed E-state index contributed by atoms with van der Waals surface area (Å²) in [6.07, 6.45) is 3.61. The molecule has 3 rings (SSSR count). The average Bonchev–Trinajstić information content (AvgIpc) is 2.96. The van der Waals surface area contributed by atoms with E-state index in [0.29, 0.717) is 18.0 Å². The summed E-state index contributed by atoms with van der Waals surface area (Å²) in [7, 11) is 0. The molecule has 2 saturated heterocycles. The van der Waals surface area contributed by atoms with Gasteiger partial charge in [-0.25, -0.2) is 4.79 Å². The molecule has 19 heavy (non-hydrogen) atoms. The van der Waals surface area contributed by atoms with Gasteiger partial charge in [-0.1, -0.05) is 29.8 Å². The van der Waals surface area contributed by atoms with Crippen molar-refractivity contribution >= 4 is 29.6 Å². The van der Waals surface area contributed by atoms with Crippen molar-refractivity contribution in [1.82, 2.24) is 4.90 Å². The molecule has 2 bridgehead atoms. The zero-order valence-corrected chi connectivity index (χ0v) is 10.8. The molecule has 2 atom stereocenters. The Labute approximate surface area is 115 Å². The summed E-state index contributed by atoms with van der Waals surface area (Å²) >= 11 is 6.00. The Hall–Kier alpha value is -1.81. The number of likely N-dealkylation sites (tertiary alicyclic amines) is 1. The first-order valence-electron chi connectivity index (χ1n) is 6.09. The molecule has 2 heterocycles. The molecular weight excluding hydrogens is 266 g/mol. The summed E-state index contributed by atoms with van der Waals surface area (Å²) in [6, 6.07) is 6.87. The number of carbonyl (C=O) groups excluding carboxylic acids is 2. The van der Waals surface area contributed by atoms with Gasteiger partial charge >= 0.3 is 5.97 Å². The number of hydrogen-bond acceptors (Lipinski definition) is 3. The molecular formula is C14H12ClNO3. The number of morpholine rings is 1. The first-order valence-corrected chi connectivity index (χ1v) is 6.46. The van der Waals surface area contributed by atoms with Gasteiger partial charge in [0, 0.05) is 17.5 Å². The Morgan fingerprint density at radius 3 is 2.89 bits per heavy atom. The average molecular weight is 278 g/mol. The Morgan fingerprint density at radius 2 is 2.21 bits per heavy atom. The second kappa shape index (κ2) is 4.70. The van der Waals surface area contributed by atoms with Gasteiger partial charge in [0.2, 0.25) is 5.91 Å². The van der Waals surface area contributed by atoms with Gasteiger partial charge in [-0.15, -0.1) is 0 Å². The molecule has 2 fully saturated rings. The van der Waals surface area contributed by atoms with Crippen LogP contribution in [0.4, 0.5) is 0 Å². The molecule has 98 valence electrons. The molecule has 0 N–H and O–H groups in total.